The van der Waals surface area contributed by atoms with Crippen LogP contribution >= 0.6 is 23.2 Å². The summed E-state index contributed by atoms with van der Waals surface area (Å²) >= 11 is 11.9. The van der Waals surface area contributed by atoms with Crippen LogP contribution in [-0.2, 0) is 4.79 Å². The Morgan fingerprint density at radius 1 is 1.00 bits per heavy atom. The number of amides is 1. The highest BCUT2D eigenvalue weighted by Crippen LogP contribution is 2.22. The molecule has 0 bridgehead atoms. The van der Waals surface area contributed by atoms with Crippen molar-refractivity contribution in [1.29, 1.82) is 0 Å². The third kappa shape index (κ3) is 4.82. The van der Waals surface area contributed by atoms with Crippen molar-refractivity contribution < 1.29 is 10.1 Å². The van der Waals surface area contributed by atoms with Gasteiger partial charge in [-0.05, 0) is 6.07 Å². The highest BCUT2D eigenvalue weighted by molar-refractivity contribution is 6.36. The molecule has 0 aliphatic heterocycles. The molecule has 4 nitrogen and oxygen atoms in total. The molecule has 0 fully saturated rings. The molecule has 26 heavy (non-hydrogen) atoms. The number of anilines is 1. The molecule has 0 radical (unpaired) electrons. The van der Waals surface area contributed by atoms with Gasteiger partial charge in [-0.15, -0.1) is 0 Å². The third-order valence-electron chi connectivity index (χ3n) is 3.92. The molecule has 2 aromatic carbocycles. The molecule has 3 N–H and O–H groups in total. The van der Waals surface area contributed by atoms with Crippen LogP contribution in [-0.4, -0.2) is 17.4 Å². The molecule has 0 spiro atoms. The van der Waals surface area contributed by atoms with Crippen LogP contribution in [0.4, 0.5) is 5.82 Å². The van der Waals surface area contributed by atoms with E-state index in [1.165, 1.54) is 6.20 Å². The lowest BCUT2D eigenvalue weighted by Crippen LogP contribution is -2.87. The summed E-state index contributed by atoms with van der Waals surface area (Å²) in [6, 6.07) is 21.8. The molecule has 0 unspecified atom stereocenters. The van der Waals surface area contributed by atoms with Crippen molar-refractivity contribution in [2.24, 2.45) is 0 Å². The number of hydrogen-bond acceptors (Lipinski definition) is 2. The smallest absolute Gasteiger partial charge is 0.280 e. The minimum absolute atomic E-state index is 0.0248. The summed E-state index contributed by atoms with van der Waals surface area (Å²) in [4.78, 5) is 16.4. The van der Waals surface area contributed by atoms with Crippen LogP contribution < -0.4 is 10.6 Å². The quantitative estimate of drug-likeness (QED) is 0.678. The van der Waals surface area contributed by atoms with Crippen LogP contribution in [0.1, 0.15) is 17.2 Å². The lowest BCUT2D eigenvalue weighted by molar-refractivity contribution is -0.676. The highest BCUT2D eigenvalue weighted by Gasteiger charge is 2.19. The van der Waals surface area contributed by atoms with E-state index in [1.807, 2.05) is 41.7 Å². The Hall–Kier alpha value is -2.40. The summed E-state index contributed by atoms with van der Waals surface area (Å²) in [5.74, 6) is 0.129. The van der Waals surface area contributed by atoms with Gasteiger partial charge in [0.2, 0.25) is 0 Å². The van der Waals surface area contributed by atoms with Crippen molar-refractivity contribution in [3.63, 3.8) is 0 Å². The fraction of sp³-hybridized carbons (Fsp3) is 0.100. The second-order valence-corrected chi connectivity index (χ2v) is 6.61. The van der Waals surface area contributed by atoms with Crippen LogP contribution in [0.15, 0.2) is 72.9 Å². The molecule has 0 saturated carbocycles. The number of aromatic nitrogens is 1. The largest absolute Gasteiger partial charge is 0.328 e. The van der Waals surface area contributed by atoms with Gasteiger partial charge < -0.3 is 10.6 Å². The Morgan fingerprint density at radius 2 is 1.58 bits per heavy atom. The number of rotatable bonds is 6. The van der Waals surface area contributed by atoms with E-state index in [4.69, 9.17) is 23.2 Å². The maximum atomic E-state index is 12.3. The van der Waals surface area contributed by atoms with Crippen molar-refractivity contribution in [3.05, 3.63) is 94.1 Å². The molecule has 1 amide bonds. The van der Waals surface area contributed by atoms with Gasteiger partial charge in [-0.2, -0.15) is 0 Å². The van der Waals surface area contributed by atoms with Gasteiger partial charge in [0, 0.05) is 17.3 Å². The Balaban J connectivity index is 1.71. The fourth-order valence-electron chi connectivity index (χ4n) is 2.70. The number of nitrogens with one attached hydrogen (secondary N) is 1. The third-order valence-corrected chi connectivity index (χ3v) is 4.42. The van der Waals surface area contributed by atoms with Crippen LogP contribution in [0.25, 0.3) is 0 Å². The van der Waals surface area contributed by atoms with Crippen molar-refractivity contribution in [2.75, 3.05) is 11.9 Å². The van der Waals surface area contributed by atoms with E-state index in [-0.39, 0.29) is 18.5 Å². The van der Waals surface area contributed by atoms with Crippen LogP contribution in [0.3, 0.4) is 0 Å². The standard InChI is InChI=1S/C20H17Cl2N3O/c21-16-11-17(22)20(24-12-16)25-18(26)13-23-19(14-7-3-1-4-8-14)15-9-5-2-6-10-15/h1-12,19,23H,13H2,(H,24,25,26)/p+1. The normalized spacial score (nSPS) is 10.7. The van der Waals surface area contributed by atoms with Gasteiger partial charge in [-0.25, -0.2) is 4.98 Å². The Kier molecular flexibility index (Phi) is 6.23. The number of halogens is 2. The van der Waals surface area contributed by atoms with Crippen molar-refractivity contribution >= 4 is 34.9 Å². The summed E-state index contributed by atoms with van der Waals surface area (Å²) in [7, 11) is 0. The molecule has 0 aliphatic carbocycles. The molecule has 3 rings (SSSR count). The predicted molar refractivity (Wildman–Crippen MR) is 104 cm³/mol. The molecule has 0 atom stereocenters. The number of nitrogens with zero attached hydrogens (tertiary/aromatic N) is 1. The Labute approximate surface area is 162 Å². The number of pyridine rings is 1. The van der Waals surface area contributed by atoms with E-state index < -0.39 is 0 Å². The van der Waals surface area contributed by atoms with Crippen molar-refractivity contribution in [2.45, 2.75) is 6.04 Å². The monoisotopic (exact) mass is 386 g/mol. The maximum absolute atomic E-state index is 12.3. The molecule has 1 aromatic heterocycles. The maximum Gasteiger partial charge on any atom is 0.280 e. The minimum Gasteiger partial charge on any atom is -0.328 e. The molecule has 6 heteroatoms. The summed E-state index contributed by atoms with van der Waals surface area (Å²) in [6.07, 6.45) is 1.45. The van der Waals surface area contributed by atoms with Gasteiger partial charge in [-0.1, -0.05) is 83.9 Å². The highest BCUT2D eigenvalue weighted by atomic mass is 35.5. The van der Waals surface area contributed by atoms with Crippen LogP contribution in [0.5, 0.6) is 0 Å². The second-order valence-electron chi connectivity index (χ2n) is 5.77. The van der Waals surface area contributed by atoms with E-state index in [9.17, 15) is 4.79 Å². The summed E-state index contributed by atoms with van der Waals surface area (Å²) in [5, 5.41) is 5.45. The van der Waals surface area contributed by atoms with Crippen LogP contribution in [0.2, 0.25) is 10.0 Å². The summed E-state index contributed by atoms with van der Waals surface area (Å²) < 4.78 is 0. The number of benzene rings is 2. The Morgan fingerprint density at radius 3 is 2.12 bits per heavy atom. The van der Waals surface area contributed by atoms with Gasteiger partial charge in [0.1, 0.15) is 6.04 Å². The van der Waals surface area contributed by atoms with Gasteiger partial charge in [0.15, 0.2) is 12.4 Å². The number of quaternary nitrogens is 1. The average molecular weight is 387 g/mol. The summed E-state index contributed by atoms with van der Waals surface area (Å²) in [6.45, 7) is 0.231. The average Bonchev–Trinajstić information content (AvgIpc) is 2.66. The Bertz CT molecular complexity index is 833. The number of carbonyl (C=O) groups excluding carboxylic acids is 1. The molecule has 0 saturated heterocycles. The topological polar surface area (TPSA) is 58.6 Å². The van der Waals surface area contributed by atoms with Gasteiger partial charge in [-0.3, -0.25) is 4.79 Å². The molecule has 3 aromatic rings. The molecule has 1 heterocycles. The van der Waals surface area contributed by atoms with Crippen molar-refractivity contribution in [3.8, 4) is 0 Å². The number of hydrogen-bond donors (Lipinski definition) is 2. The van der Waals surface area contributed by atoms with Crippen molar-refractivity contribution in [1.82, 2.24) is 4.98 Å². The second kappa shape index (κ2) is 8.81. The predicted octanol–water partition coefficient (Wildman–Crippen LogP) is 3.68. The molecule has 132 valence electrons. The first-order valence-corrected chi connectivity index (χ1v) is 8.93. The molecular formula is C20H18Cl2N3O+. The van der Waals surface area contributed by atoms with E-state index in [0.29, 0.717) is 15.9 Å². The first kappa shape index (κ1) is 18.4. The van der Waals surface area contributed by atoms with E-state index in [1.54, 1.807) is 6.07 Å². The minimum atomic E-state index is -0.182. The van der Waals surface area contributed by atoms with Crippen LogP contribution in [0, 0.1) is 0 Å². The number of carbonyl (C=O) groups is 1. The van der Waals surface area contributed by atoms with Gasteiger partial charge >= 0.3 is 0 Å². The lowest BCUT2D eigenvalue weighted by atomic mass is 9.99. The van der Waals surface area contributed by atoms with Gasteiger partial charge in [0.05, 0.1) is 10.0 Å². The van der Waals surface area contributed by atoms with E-state index >= 15 is 0 Å². The zero-order valence-corrected chi connectivity index (χ0v) is 15.4. The van der Waals surface area contributed by atoms with E-state index in [2.05, 4.69) is 34.6 Å². The zero-order valence-electron chi connectivity index (χ0n) is 13.9. The molecular weight excluding hydrogens is 369 g/mol. The SMILES string of the molecule is O=C(C[NH2+]C(c1ccccc1)c1ccccc1)Nc1ncc(Cl)cc1Cl. The summed E-state index contributed by atoms with van der Waals surface area (Å²) in [5.41, 5.74) is 2.27. The number of nitrogens with two attached hydrogens (primary N) is 1. The fourth-order valence-corrected chi connectivity index (χ4v) is 3.13. The molecule has 0 aliphatic rings. The van der Waals surface area contributed by atoms with Gasteiger partial charge in [0.25, 0.3) is 5.91 Å². The first-order chi connectivity index (χ1) is 12.6. The van der Waals surface area contributed by atoms with E-state index in [0.717, 1.165) is 11.1 Å². The lowest BCUT2D eigenvalue weighted by Gasteiger charge is -2.16. The zero-order chi connectivity index (χ0) is 18.4. The first-order valence-electron chi connectivity index (χ1n) is 8.17.